The summed E-state index contributed by atoms with van der Waals surface area (Å²) in [5.74, 6) is 0.708. The zero-order valence-electron chi connectivity index (χ0n) is 31.7. The summed E-state index contributed by atoms with van der Waals surface area (Å²) in [4.78, 5) is 59.1. The van der Waals surface area contributed by atoms with E-state index < -0.39 is 11.9 Å². The summed E-state index contributed by atoms with van der Waals surface area (Å²) in [7, 11) is 0. The molecule has 4 aromatic rings. The number of likely N-dealkylation sites (tertiary alicyclic amines) is 1. The second-order valence-electron chi connectivity index (χ2n) is 16.4. The minimum absolute atomic E-state index is 0.00239. The van der Waals surface area contributed by atoms with Gasteiger partial charge < -0.3 is 29.9 Å². The first-order valence-corrected chi connectivity index (χ1v) is 20.2. The molecule has 292 valence electrons. The fourth-order valence-corrected chi connectivity index (χ4v) is 10.0. The number of amides is 4. The summed E-state index contributed by atoms with van der Waals surface area (Å²) in [5, 5.41) is 16.2. The van der Waals surface area contributed by atoms with Gasteiger partial charge >= 0.3 is 0 Å². The van der Waals surface area contributed by atoms with Crippen molar-refractivity contribution >= 4 is 35.0 Å². The van der Waals surface area contributed by atoms with Crippen LogP contribution < -0.4 is 20.3 Å². The van der Waals surface area contributed by atoms with Crippen LogP contribution >= 0.6 is 0 Å². The standard InChI is InChI=1S/C45H46N6O6/c52-34-11-13-36-29(18-34)8-12-35(27-4-2-1-3-5-27)43(36)28-6-9-31(10-7-28)46-32-22-48(23-32)25-42(54)49-16-17-50-33(24-49)26-57-40-20-37-30(19-39(40)50)21-51(45(37)56)38-14-15-41(53)47-44(38)55/h1-7,9-11,13,18-20,32-33,35,38,43,46,52H,8,12,14-17,21-26H2,(H,47,53,55)/t33-,35+,38?,43-/m0/s1. The molecule has 5 aliphatic heterocycles. The van der Waals surface area contributed by atoms with Crippen LogP contribution in [0.4, 0.5) is 11.4 Å². The monoisotopic (exact) mass is 766 g/mol. The normalized spacial score (nSPS) is 24.4. The molecule has 0 spiro atoms. The van der Waals surface area contributed by atoms with Crippen molar-refractivity contribution in [3.63, 3.8) is 0 Å². The number of piperazine rings is 1. The molecule has 57 heavy (non-hydrogen) atoms. The lowest BCUT2D eigenvalue weighted by atomic mass is 9.69. The zero-order chi connectivity index (χ0) is 38.8. The van der Waals surface area contributed by atoms with Gasteiger partial charge in [-0.15, -0.1) is 0 Å². The highest BCUT2D eigenvalue weighted by Crippen LogP contribution is 2.47. The molecule has 0 bridgehead atoms. The third-order valence-electron chi connectivity index (χ3n) is 13.0. The summed E-state index contributed by atoms with van der Waals surface area (Å²) >= 11 is 0. The Morgan fingerprint density at radius 3 is 2.47 bits per heavy atom. The smallest absolute Gasteiger partial charge is 0.255 e. The molecule has 10 rings (SSSR count). The van der Waals surface area contributed by atoms with Crippen molar-refractivity contribution in [2.45, 2.75) is 62.2 Å². The quantitative estimate of drug-likeness (QED) is 0.237. The Balaban J connectivity index is 0.732. The number of carbonyl (C=O) groups excluding carboxylic acids is 4. The highest BCUT2D eigenvalue weighted by Gasteiger charge is 2.42. The van der Waals surface area contributed by atoms with Gasteiger partial charge in [-0.05, 0) is 89.4 Å². The highest BCUT2D eigenvalue weighted by molar-refractivity contribution is 6.06. The Morgan fingerprint density at radius 2 is 1.67 bits per heavy atom. The lowest BCUT2D eigenvalue weighted by Crippen LogP contribution is -2.61. The number of fused-ring (bicyclic) bond motifs is 5. The Morgan fingerprint density at radius 1 is 0.842 bits per heavy atom. The summed E-state index contributed by atoms with van der Waals surface area (Å²) in [6, 6.07) is 28.8. The molecule has 3 fully saturated rings. The fourth-order valence-electron chi connectivity index (χ4n) is 10.0. The van der Waals surface area contributed by atoms with E-state index >= 15 is 0 Å². The van der Waals surface area contributed by atoms with E-state index in [1.54, 1.807) is 11.0 Å². The third kappa shape index (κ3) is 6.55. The molecule has 12 heteroatoms. The molecule has 1 unspecified atom stereocenters. The van der Waals surface area contributed by atoms with Gasteiger partial charge in [0.1, 0.15) is 24.1 Å². The first kappa shape index (κ1) is 35.5. The zero-order valence-corrected chi connectivity index (χ0v) is 31.7. The van der Waals surface area contributed by atoms with E-state index in [1.807, 2.05) is 23.1 Å². The van der Waals surface area contributed by atoms with Crippen molar-refractivity contribution in [3.05, 3.63) is 118 Å². The van der Waals surface area contributed by atoms with E-state index in [4.69, 9.17) is 4.74 Å². The number of ether oxygens (including phenoxy) is 1. The number of imide groups is 1. The second-order valence-corrected chi connectivity index (χ2v) is 16.4. The van der Waals surface area contributed by atoms with Gasteiger partial charge in [0.25, 0.3) is 5.91 Å². The largest absolute Gasteiger partial charge is 0.508 e. The minimum Gasteiger partial charge on any atom is -0.508 e. The van der Waals surface area contributed by atoms with Crippen LogP contribution in [0.1, 0.15) is 69.3 Å². The maximum atomic E-state index is 13.5. The number of hydrogen-bond acceptors (Lipinski definition) is 9. The molecular formula is C45H46N6O6. The molecule has 0 aromatic heterocycles. The van der Waals surface area contributed by atoms with Gasteiger partial charge in [0.15, 0.2) is 0 Å². The predicted octanol–water partition coefficient (Wildman–Crippen LogP) is 4.22. The van der Waals surface area contributed by atoms with E-state index in [1.165, 1.54) is 22.3 Å². The van der Waals surface area contributed by atoms with Crippen molar-refractivity contribution < 1.29 is 29.0 Å². The lowest BCUT2D eigenvalue weighted by molar-refractivity contribution is -0.137. The van der Waals surface area contributed by atoms with Crippen LogP contribution in [0.5, 0.6) is 11.5 Å². The predicted molar refractivity (Wildman–Crippen MR) is 213 cm³/mol. The van der Waals surface area contributed by atoms with Crippen LogP contribution in [-0.4, -0.2) is 107 Å². The van der Waals surface area contributed by atoms with Gasteiger partial charge in [-0.2, -0.15) is 0 Å². The molecule has 4 aromatic carbocycles. The third-order valence-corrected chi connectivity index (χ3v) is 13.0. The van der Waals surface area contributed by atoms with Crippen molar-refractivity contribution in [3.8, 4) is 11.5 Å². The number of carbonyl (C=O) groups is 4. The Bertz CT molecular complexity index is 2260. The van der Waals surface area contributed by atoms with Crippen LogP contribution in [0, 0.1) is 0 Å². The number of nitrogens with one attached hydrogen (secondary N) is 2. The van der Waals surface area contributed by atoms with Crippen LogP contribution in [0.25, 0.3) is 0 Å². The number of aromatic hydroxyl groups is 1. The summed E-state index contributed by atoms with van der Waals surface area (Å²) in [6.45, 7) is 4.53. The second kappa shape index (κ2) is 14.3. The van der Waals surface area contributed by atoms with Gasteiger partial charge in [-0.25, -0.2) is 0 Å². The number of nitrogens with zero attached hydrogens (tertiary/aromatic N) is 4. The summed E-state index contributed by atoms with van der Waals surface area (Å²) in [6.07, 6.45) is 2.51. The van der Waals surface area contributed by atoms with Gasteiger partial charge in [-0.3, -0.25) is 29.4 Å². The van der Waals surface area contributed by atoms with Crippen molar-refractivity contribution in [1.82, 2.24) is 20.0 Å². The number of aryl methyl sites for hydroxylation is 1. The molecule has 4 amide bonds. The van der Waals surface area contributed by atoms with Crippen molar-refractivity contribution in [2.24, 2.45) is 0 Å². The molecule has 3 saturated heterocycles. The topological polar surface area (TPSA) is 135 Å². The number of anilines is 2. The molecule has 5 heterocycles. The molecular weight excluding hydrogens is 721 g/mol. The Labute approximate surface area is 331 Å². The lowest BCUT2D eigenvalue weighted by Gasteiger charge is -2.46. The van der Waals surface area contributed by atoms with Gasteiger partial charge in [0.05, 0.1) is 24.3 Å². The van der Waals surface area contributed by atoms with Crippen molar-refractivity contribution in [1.29, 1.82) is 0 Å². The Kier molecular flexibility index (Phi) is 8.88. The van der Waals surface area contributed by atoms with E-state index in [0.717, 1.165) is 42.9 Å². The number of phenols is 1. The van der Waals surface area contributed by atoms with Gasteiger partial charge in [0.2, 0.25) is 17.7 Å². The average Bonchev–Trinajstić information content (AvgIpc) is 3.53. The van der Waals surface area contributed by atoms with E-state index in [2.05, 4.69) is 81.1 Å². The Hall–Kier alpha value is -5.88. The number of piperidine rings is 1. The summed E-state index contributed by atoms with van der Waals surface area (Å²) in [5.41, 5.74) is 8.49. The van der Waals surface area contributed by atoms with E-state index in [9.17, 15) is 24.3 Å². The number of rotatable bonds is 7. The first-order valence-electron chi connectivity index (χ1n) is 20.2. The average molecular weight is 767 g/mol. The molecule has 3 N–H and O–H groups in total. The first-order chi connectivity index (χ1) is 27.8. The van der Waals surface area contributed by atoms with Crippen LogP contribution in [0.3, 0.4) is 0 Å². The molecule has 0 radical (unpaired) electrons. The SMILES string of the molecule is O=C1CCC(N2Cc3cc4c(cc3C2=O)OC[C@@H]2CN(C(=O)CN3CC(Nc5ccc([C@@H]6c7ccc(O)cc7CC[C@@H]6c6ccccc6)cc5)C3)CCN42)C(=O)N1. The highest BCUT2D eigenvalue weighted by atomic mass is 16.5. The van der Waals surface area contributed by atoms with E-state index in [0.29, 0.717) is 68.7 Å². The molecule has 6 aliphatic rings. The minimum atomic E-state index is -0.663. The van der Waals surface area contributed by atoms with Gasteiger partial charge in [0, 0.05) is 62.9 Å². The molecule has 12 nitrogen and oxygen atoms in total. The van der Waals surface area contributed by atoms with Crippen LogP contribution in [-0.2, 0) is 27.3 Å². The molecule has 0 saturated carbocycles. The molecule has 4 atom stereocenters. The fraction of sp³-hybridized carbons (Fsp3) is 0.378. The number of phenolic OH excluding ortho intramolecular Hbond substituents is 1. The van der Waals surface area contributed by atoms with E-state index in [-0.39, 0.29) is 42.1 Å². The molecule has 1 aliphatic carbocycles. The van der Waals surface area contributed by atoms with Gasteiger partial charge in [-0.1, -0.05) is 48.5 Å². The number of benzene rings is 4. The summed E-state index contributed by atoms with van der Waals surface area (Å²) < 4.78 is 6.18. The van der Waals surface area contributed by atoms with Crippen molar-refractivity contribution in [2.75, 3.05) is 56.1 Å². The number of hydrogen-bond donors (Lipinski definition) is 3. The maximum Gasteiger partial charge on any atom is 0.255 e. The van der Waals surface area contributed by atoms with Crippen LogP contribution in [0.15, 0.2) is 84.9 Å². The van der Waals surface area contributed by atoms with Crippen LogP contribution in [0.2, 0.25) is 0 Å². The maximum absolute atomic E-state index is 13.5.